The molecule has 0 heterocycles. The van der Waals surface area contributed by atoms with Crippen molar-refractivity contribution < 1.29 is 0 Å². The van der Waals surface area contributed by atoms with E-state index < -0.39 is 0 Å². The molecule has 0 aromatic carbocycles. The summed E-state index contributed by atoms with van der Waals surface area (Å²) in [6.45, 7) is 17.5. The lowest BCUT2D eigenvalue weighted by molar-refractivity contribution is 0.248. The average molecular weight is 227 g/mol. The van der Waals surface area contributed by atoms with Crippen molar-refractivity contribution >= 4 is 0 Å². The van der Waals surface area contributed by atoms with E-state index in [0.29, 0.717) is 11.5 Å². The van der Waals surface area contributed by atoms with Gasteiger partial charge in [0.2, 0.25) is 0 Å². The van der Waals surface area contributed by atoms with Gasteiger partial charge in [-0.1, -0.05) is 48.5 Å². The van der Waals surface area contributed by atoms with Crippen molar-refractivity contribution in [1.82, 2.24) is 5.32 Å². The predicted molar refractivity (Wildman–Crippen MR) is 74.8 cm³/mol. The number of hydrogen-bond donors (Lipinski definition) is 1. The normalized spacial score (nSPS) is 16.5. The Morgan fingerprint density at radius 2 is 1.62 bits per heavy atom. The first-order valence-electron chi connectivity index (χ1n) is 7.01. The summed E-state index contributed by atoms with van der Waals surface area (Å²) in [4.78, 5) is 0. The van der Waals surface area contributed by atoms with Crippen LogP contribution in [0.1, 0.15) is 67.7 Å². The topological polar surface area (TPSA) is 12.0 Å². The van der Waals surface area contributed by atoms with Crippen molar-refractivity contribution in [3.63, 3.8) is 0 Å². The molecule has 1 nitrogen and oxygen atoms in total. The van der Waals surface area contributed by atoms with Gasteiger partial charge in [0.25, 0.3) is 0 Å². The monoisotopic (exact) mass is 227 g/mol. The number of hydrogen-bond acceptors (Lipinski definition) is 1. The SMILES string of the molecule is CCCNC(CCC(C)(C)C)C(C)C(C)C. The minimum absolute atomic E-state index is 0.461. The Labute approximate surface area is 103 Å². The minimum Gasteiger partial charge on any atom is -0.314 e. The van der Waals surface area contributed by atoms with Crippen LogP contribution >= 0.6 is 0 Å². The van der Waals surface area contributed by atoms with Crippen LogP contribution in [0.4, 0.5) is 0 Å². The minimum atomic E-state index is 0.461. The molecule has 0 aromatic rings. The van der Waals surface area contributed by atoms with Crippen molar-refractivity contribution in [2.75, 3.05) is 6.54 Å². The molecule has 0 amide bonds. The fourth-order valence-corrected chi connectivity index (χ4v) is 1.93. The molecule has 0 spiro atoms. The summed E-state index contributed by atoms with van der Waals surface area (Å²) in [5, 5.41) is 3.72. The fraction of sp³-hybridized carbons (Fsp3) is 1.00. The van der Waals surface area contributed by atoms with Crippen LogP contribution in [0, 0.1) is 17.3 Å². The Hall–Kier alpha value is -0.0400. The highest BCUT2D eigenvalue weighted by Crippen LogP contribution is 2.25. The third-order valence-electron chi connectivity index (χ3n) is 3.55. The van der Waals surface area contributed by atoms with Crippen molar-refractivity contribution in [2.24, 2.45) is 17.3 Å². The average Bonchev–Trinajstić information content (AvgIpc) is 2.15. The van der Waals surface area contributed by atoms with Gasteiger partial charge in [-0.15, -0.1) is 0 Å². The molecular weight excluding hydrogens is 194 g/mol. The largest absolute Gasteiger partial charge is 0.314 e. The first-order chi connectivity index (χ1) is 7.28. The van der Waals surface area contributed by atoms with Gasteiger partial charge in [-0.2, -0.15) is 0 Å². The summed E-state index contributed by atoms with van der Waals surface area (Å²) in [6.07, 6.45) is 3.85. The second-order valence-corrected chi connectivity index (χ2v) is 6.76. The molecule has 0 aromatic heterocycles. The molecule has 0 saturated carbocycles. The molecule has 16 heavy (non-hydrogen) atoms. The standard InChI is InChI=1S/C15H33N/c1-8-11-16-14(13(4)12(2)3)9-10-15(5,6)7/h12-14,16H,8-11H2,1-7H3. The van der Waals surface area contributed by atoms with Crippen molar-refractivity contribution in [1.29, 1.82) is 0 Å². The molecule has 1 heteroatoms. The lowest BCUT2D eigenvalue weighted by Crippen LogP contribution is -2.38. The van der Waals surface area contributed by atoms with Gasteiger partial charge < -0.3 is 5.32 Å². The van der Waals surface area contributed by atoms with Crippen molar-refractivity contribution in [3.05, 3.63) is 0 Å². The van der Waals surface area contributed by atoms with E-state index in [-0.39, 0.29) is 0 Å². The molecule has 2 unspecified atom stereocenters. The first kappa shape index (κ1) is 16.0. The van der Waals surface area contributed by atoms with Crippen LogP contribution in [0.15, 0.2) is 0 Å². The van der Waals surface area contributed by atoms with Crippen LogP contribution in [0.25, 0.3) is 0 Å². The maximum Gasteiger partial charge on any atom is 0.00953 e. The van der Waals surface area contributed by atoms with Crippen LogP contribution in [-0.2, 0) is 0 Å². The van der Waals surface area contributed by atoms with Crippen LogP contribution in [0.3, 0.4) is 0 Å². The predicted octanol–water partition coefficient (Wildman–Crippen LogP) is 4.47. The van der Waals surface area contributed by atoms with E-state index in [1.54, 1.807) is 0 Å². The third kappa shape index (κ3) is 7.27. The van der Waals surface area contributed by atoms with E-state index in [0.717, 1.165) is 18.4 Å². The van der Waals surface area contributed by atoms with Crippen LogP contribution in [0.2, 0.25) is 0 Å². The smallest absolute Gasteiger partial charge is 0.00953 e. The highest BCUT2D eigenvalue weighted by molar-refractivity contribution is 4.77. The van der Waals surface area contributed by atoms with Gasteiger partial charge in [-0.05, 0) is 43.1 Å². The molecular formula is C15H33N. The third-order valence-corrected chi connectivity index (χ3v) is 3.55. The highest BCUT2D eigenvalue weighted by atomic mass is 14.9. The quantitative estimate of drug-likeness (QED) is 0.676. The lowest BCUT2D eigenvalue weighted by Gasteiger charge is -2.30. The van der Waals surface area contributed by atoms with Gasteiger partial charge in [0.15, 0.2) is 0 Å². The summed E-state index contributed by atoms with van der Waals surface area (Å²) in [7, 11) is 0. The Morgan fingerprint density at radius 3 is 2.00 bits per heavy atom. The number of nitrogens with one attached hydrogen (secondary N) is 1. The Kier molecular flexibility index (Phi) is 7.30. The summed E-state index contributed by atoms with van der Waals surface area (Å²) in [5.74, 6) is 1.54. The maximum atomic E-state index is 3.72. The lowest BCUT2D eigenvalue weighted by atomic mass is 9.82. The summed E-state index contributed by atoms with van der Waals surface area (Å²) in [5.41, 5.74) is 0.461. The van der Waals surface area contributed by atoms with E-state index in [1.165, 1.54) is 19.3 Å². The molecule has 1 N–H and O–H groups in total. The summed E-state index contributed by atoms with van der Waals surface area (Å²) < 4.78 is 0. The first-order valence-corrected chi connectivity index (χ1v) is 7.01. The van der Waals surface area contributed by atoms with Gasteiger partial charge >= 0.3 is 0 Å². The van der Waals surface area contributed by atoms with E-state index in [9.17, 15) is 0 Å². The Balaban J connectivity index is 4.20. The van der Waals surface area contributed by atoms with E-state index >= 15 is 0 Å². The van der Waals surface area contributed by atoms with Gasteiger partial charge in [0, 0.05) is 6.04 Å². The highest BCUT2D eigenvalue weighted by Gasteiger charge is 2.21. The molecule has 98 valence electrons. The molecule has 0 saturated heterocycles. The summed E-state index contributed by atoms with van der Waals surface area (Å²) in [6, 6.07) is 0.694. The second kappa shape index (κ2) is 7.32. The second-order valence-electron chi connectivity index (χ2n) is 6.76. The zero-order valence-corrected chi connectivity index (χ0v) is 12.6. The molecule has 0 rings (SSSR count). The molecule has 0 fully saturated rings. The Bertz CT molecular complexity index is 167. The van der Waals surface area contributed by atoms with Crippen molar-refractivity contribution in [2.45, 2.75) is 73.8 Å². The maximum absolute atomic E-state index is 3.72. The number of rotatable bonds is 7. The molecule has 0 bridgehead atoms. The van der Waals surface area contributed by atoms with E-state index in [4.69, 9.17) is 0 Å². The van der Waals surface area contributed by atoms with Gasteiger partial charge in [-0.25, -0.2) is 0 Å². The van der Waals surface area contributed by atoms with Crippen LogP contribution < -0.4 is 5.32 Å². The molecule has 2 atom stereocenters. The zero-order chi connectivity index (χ0) is 12.8. The zero-order valence-electron chi connectivity index (χ0n) is 12.6. The molecule has 0 aliphatic heterocycles. The fourth-order valence-electron chi connectivity index (χ4n) is 1.93. The molecule has 0 radical (unpaired) electrons. The van der Waals surface area contributed by atoms with Gasteiger partial charge in [-0.3, -0.25) is 0 Å². The van der Waals surface area contributed by atoms with Gasteiger partial charge in [0.05, 0.1) is 0 Å². The summed E-state index contributed by atoms with van der Waals surface area (Å²) >= 11 is 0. The van der Waals surface area contributed by atoms with E-state index in [1.807, 2.05) is 0 Å². The molecule has 0 aliphatic carbocycles. The molecule has 0 aliphatic rings. The Morgan fingerprint density at radius 1 is 1.06 bits per heavy atom. The van der Waals surface area contributed by atoms with Gasteiger partial charge in [0.1, 0.15) is 0 Å². The van der Waals surface area contributed by atoms with Crippen LogP contribution in [-0.4, -0.2) is 12.6 Å². The van der Waals surface area contributed by atoms with E-state index in [2.05, 4.69) is 53.8 Å². The van der Waals surface area contributed by atoms with Crippen LogP contribution in [0.5, 0.6) is 0 Å². The van der Waals surface area contributed by atoms with Crippen molar-refractivity contribution in [3.8, 4) is 0 Å².